The number of allylic oxidation sites excluding steroid dienone is 1. The van der Waals surface area contributed by atoms with E-state index >= 15 is 0 Å². The van der Waals surface area contributed by atoms with Crippen LogP contribution in [-0.4, -0.2) is 23.5 Å². The minimum Gasteiger partial charge on any atom is -0.362 e. The van der Waals surface area contributed by atoms with Gasteiger partial charge in [-0.05, 0) is 11.6 Å². The van der Waals surface area contributed by atoms with E-state index in [0.717, 1.165) is 18.5 Å². The molecule has 1 aliphatic heterocycles. The number of pyridine rings is 1. The van der Waals surface area contributed by atoms with E-state index in [1.54, 1.807) is 0 Å². The summed E-state index contributed by atoms with van der Waals surface area (Å²) in [4.78, 5) is 6.87. The van der Waals surface area contributed by atoms with Gasteiger partial charge in [-0.3, -0.25) is 9.98 Å². The number of aromatic nitrogens is 1. The maximum atomic E-state index is 12.7. The second-order valence-corrected chi connectivity index (χ2v) is 4.61. The Kier molecular flexibility index (Phi) is 4.37. The summed E-state index contributed by atoms with van der Waals surface area (Å²) < 4.78 is 75.4. The summed E-state index contributed by atoms with van der Waals surface area (Å²) in [6, 6.07) is 1.07. The smallest absolute Gasteiger partial charge is 0.362 e. The molecule has 0 aromatic carbocycles. The fraction of sp³-hybridized carbons (Fsp3) is 0.333. The molecule has 3 nitrogen and oxygen atoms in total. The first-order chi connectivity index (χ1) is 10.1. The van der Waals surface area contributed by atoms with Gasteiger partial charge in [0, 0.05) is 30.1 Å². The van der Waals surface area contributed by atoms with E-state index in [0.29, 0.717) is 6.20 Å². The number of nitrogens with one attached hydrogen (secondary N) is 1. The van der Waals surface area contributed by atoms with Gasteiger partial charge in [-0.2, -0.15) is 26.3 Å². The summed E-state index contributed by atoms with van der Waals surface area (Å²) in [6.07, 6.45) is -8.76. The molecule has 1 aromatic rings. The van der Waals surface area contributed by atoms with Crippen LogP contribution in [0.3, 0.4) is 0 Å². The maximum Gasteiger partial charge on any atom is 0.429 e. The van der Waals surface area contributed by atoms with E-state index in [1.165, 1.54) is 0 Å². The molecule has 0 fully saturated rings. The average Bonchev–Trinajstić information content (AvgIpc) is 2.45. The van der Waals surface area contributed by atoms with E-state index in [1.807, 2.05) is 5.32 Å². The van der Waals surface area contributed by atoms with Crippen molar-refractivity contribution < 1.29 is 26.3 Å². The molecule has 120 valence electrons. The van der Waals surface area contributed by atoms with Crippen LogP contribution in [-0.2, 0) is 12.1 Å². The highest BCUT2D eigenvalue weighted by Gasteiger charge is 2.40. The first kappa shape index (κ1) is 16.6. The standard InChI is InChI=1S/C12H8ClF6N3/c13-2-6-1-9(20-5-8(6)11(14,15)16)7-3-21-10(22-4-7)12(17,18)19/h1,3-5,10,21H,2H2. The Hall–Kier alpha value is -1.77. The molecule has 2 heterocycles. The molecule has 0 spiro atoms. The molecule has 1 unspecified atom stereocenters. The van der Waals surface area contributed by atoms with Crippen LogP contribution in [0.5, 0.6) is 0 Å². The summed E-state index contributed by atoms with van der Waals surface area (Å²) in [5.41, 5.74) is -1.03. The third-order valence-corrected chi connectivity index (χ3v) is 3.09. The molecule has 0 saturated heterocycles. The van der Waals surface area contributed by atoms with Gasteiger partial charge >= 0.3 is 12.4 Å². The summed E-state index contributed by atoms with van der Waals surface area (Å²) in [7, 11) is 0. The van der Waals surface area contributed by atoms with Crippen molar-refractivity contribution in [3.8, 4) is 0 Å². The monoisotopic (exact) mass is 343 g/mol. The zero-order chi connectivity index (χ0) is 16.5. The van der Waals surface area contributed by atoms with Gasteiger partial charge in [0.25, 0.3) is 0 Å². The van der Waals surface area contributed by atoms with E-state index in [9.17, 15) is 26.3 Å². The predicted octanol–water partition coefficient (Wildman–Crippen LogP) is 3.74. The van der Waals surface area contributed by atoms with Crippen LogP contribution in [0.2, 0.25) is 0 Å². The second-order valence-electron chi connectivity index (χ2n) is 4.35. The van der Waals surface area contributed by atoms with Crippen molar-refractivity contribution in [3.63, 3.8) is 0 Å². The number of hydrogen-bond acceptors (Lipinski definition) is 3. The van der Waals surface area contributed by atoms with Gasteiger partial charge in [0.2, 0.25) is 6.17 Å². The first-order valence-electron chi connectivity index (χ1n) is 5.81. The van der Waals surface area contributed by atoms with Crippen molar-refractivity contribution in [2.75, 3.05) is 0 Å². The molecule has 1 atom stereocenters. The van der Waals surface area contributed by atoms with Crippen LogP contribution >= 0.6 is 11.6 Å². The van der Waals surface area contributed by atoms with Gasteiger partial charge in [-0.1, -0.05) is 0 Å². The summed E-state index contributed by atoms with van der Waals surface area (Å²) in [5.74, 6) is -0.409. The quantitative estimate of drug-likeness (QED) is 0.656. The summed E-state index contributed by atoms with van der Waals surface area (Å²) in [5, 5.41) is 2.01. The Morgan fingerprint density at radius 1 is 1.18 bits per heavy atom. The zero-order valence-corrected chi connectivity index (χ0v) is 11.4. The topological polar surface area (TPSA) is 37.3 Å². The number of alkyl halides is 7. The highest BCUT2D eigenvalue weighted by Crippen LogP contribution is 2.33. The normalized spacial score (nSPS) is 18.9. The van der Waals surface area contributed by atoms with E-state index in [4.69, 9.17) is 11.6 Å². The van der Waals surface area contributed by atoms with Gasteiger partial charge < -0.3 is 5.32 Å². The van der Waals surface area contributed by atoms with Gasteiger partial charge in [0.05, 0.1) is 11.3 Å². The Morgan fingerprint density at radius 3 is 2.32 bits per heavy atom. The largest absolute Gasteiger partial charge is 0.429 e. The van der Waals surface area contributed by atoms with Crippen LogP contribution in [0.4, 0.5) is 26.3 Å². The first-order valence-corrected chi connectivity index (χ1v) is 6.35. The van der Waals surface area contributed by atoms with E-state index < -0.39 is 30.0 Å². The molecule has 1 aliphatic rings. The molecule has 0 radical (unpaired) electrons. The van der Waals surface area contributed by atoms with Crippen molar-refractivity contribution in [1.29, 1.82) is 0 Å². The lowest BCUT2D eigenvalue weighted by Gasteiger charge is -2.20. The van der Waals surface area contributed by atoms with Crippen molar-refractivity contribution in [2.45, 2.75) is 24.4 Å². The van der Waals surface area contributed by atoms with Gasteiger partial charge in [0.1, 0.15) is 0 Å². The fourth-order valence-corrected chi connectivity index (χ4v) is 1.96. The summed E-state index contributed by atoms with van der Waals surface area (Å²) >= 11 is 5.49. The van der Waals surface area contributed by atoms with Crippen molar-refractivity contribution >= 4 is 23.4 Å². The molecule has 0 saturated carbocycles. The molecule has 0 bridgehead atoms. The number of nitrogens with zero attached hydrogens (tertiary/aromatic N) is 2. The molecule has 10 heteroatoms. The Morgan fingerprint density at radius 2 is 1.86 bits per heavy atom. The Balaban J connectivity index is 2.29. The van der Waals surface area contributed by atoms with Gasteiger partial charge in [-0.15, -0.1) is 11.6 Å². The van der Waals surface area contributed by atoms with Crippen molar-refractivity contribution in [3.05, 3.63) is 35.3 Å². The molecule has 22 heavy (non-hydrogen) atoms. The fourth-order valence-electron chi connectivity index (χ4n) is 1.74. The number of aliphatic imine (C=N–C) groups is 1. The molecule has 1 aromatic heterocycles. The lowest BCUT2D eigenvalue weighted by Crippen LogP contribution is -2.39. The highest BCUT2D eigenvalue weighted by molar-refractivity contribution is 6.17. The maximum absolute atomic E-state index is 12.7. The van der Waals surface area contributed by atoms with Crippen molar-refractivity contribution in [2.24, 2.45) is 4.99 Å². The third-order valence-electron chi connectivity index (χ3n) is 2.80. The number of hydrogen-bond donors (Lipinski definition) is 1. The van der Waals surface area contributed by atoms with E-state index in [2.05, 4.69) is 9.98 Å². The van der Waals surface area contributed by atoms with Gasteiger partial charge in [-0.25, -0.2) is 0 Å². The molecular weight excluding hydrogens is 336 g/mol. The molecule has 2 rings (SSSR count). The summed E-state index contributed by atoms with van der Waals surface area (Å²) in [6.45, 7) is 0. The van der Waals surface area contributed by atoms with E-state index in [-0.39, 0.29) is 16.8 Å². The van der Waals surface area contributed by atoms with Crippen LogP contribution in [0.1, 0.15) is 16.8 Å². The van der Waals surface area contributed by atoms with Crippen LogP contribution in [0.15, 0.2) is 23.5 Å². The highest BCUT2D eigenvalue weighted by atomic mass is 35.5. The Labute approximate surface area is 125 Å². The second kappa shape index (κ2) is 5.79. The third kappa shape index (κ3) is 3.52. The minimum atomic E-state index is -4.61. The zero-order valence-electron chi connectivity index (χ0n) is 10.6. The predicted molar refractivity (Wildman–Crippen MR) is 68.2 cm³/mol. The van der Waals surface area contributed by atoms with Gasteiger partial charge in [0.15, 0.2) is 0 Å². The average molecular weight is 344 g/mol. The lowest BCUT2D eigenvalue weighted by atomic mass is 10.1. The molecular formula is C12H8ClF6N3. The van der Waals surface area contributed by atoms with Crippen LogP contribution in [0.25, 0.3) is 5.57 Å². The minimum absolute atomic E-state index is 0.0422. The van der Waals surface area contributed by atoms with Crippen LogP contribution in [0, 0.1) is 0 Å². The molecule has 0 aliphatic carbocycles. The number of halogens is 7. The lowest BCUT2D eigenvalue weighted by molar-refractivity contribution is -0.151. The molecule has 0 amide bonds. The van der Waals surface area contributed by atoms with Crippen LogP contribution < -0.4 is 5.32 Å². The SMILES string of the molecule is FC(F)(F)c1cnc(C2=CNC(C(F)(F)F)N=C2)cc1CCl. The van der Waals surface area contributed by atoms with Crippen molar-refractivity contribution in [1.82, 2.24) is 10.3 Å². The molecule has 1 N–H and O–H groups in total. The number of rotatable bonds is 2. The Bertz CT molecular complexity index is 620.